The Morgan fingerprint density at radius 2 is 2.11 bits per heavy atom. The van der Waals surface area contributed by atoms with Crippen LogP contribution in [0.1, 0.15) is 49.9 Å². The fraction of sp³-hybridized carbons (Fsp3) is 0.846. The minimum Gasteiger partial charge on any atom is -0.370 e. The quantitative estimate of drug-likeness (QED) is 0.924. The lowest BCUT2D eigenvalue weighted by Crippen LogP contribution is -2.14. The molecule has 108 valence electrons. The molecule has 0 amide bonds. The Labute approximate surface area is 119 Å². The molecule has 2 unspecified atom stereocenters. The average Bonchev–Trinajstić information content (AvgIpc) is 2.98. The van der Waals surface area contributed by atoms with Gasteiger partial charge in [0.05, 0.1) is 0 Å². The topological polar surface area (TPSA) is 60.2 Å². The molecule has 2 fully saturated rings. The van der Waals surface area contributed by atoms with Gasteiger partial charge in [-0.1, -0.05) is 5.16 Å². The van der Waals surface area contributed by atoms with Crippen molar-refractivity contribution in [1.82, 2.24) is 15.5 Å². The molecule has 0 spiro atoms. The van der Waals surface area contributed by atoms with Crippen molar-refractivity contribution in [3.05, 3.63) is 11.7 Å². The van der Waals surface area contributed by atoms with Crippen molar-refractivity contribution in [2.75, 3.05) is 19.7 Å². The molecule has 2 aliphatic rings. The normalized spacial score (nSPS) is 27.8. The van der Waals surface area contributed by atoms with Gasteiger partial charge in [-0.3, -0.25) is 0 Å². The number of ether oxygens (including phenoxy) is 1. The Morgan fingerprint density at radius 3 is 2.95 bits per heavy atom. The standard InChI is InChI=1S/C13H21N3O2.ClH/c1-3-10(5-7-14-6-1)9-12-15-13(16-18-12)11-4-2-8-17-11;/h10-11,14H,1-9H2;1H. The highest BCUT2D eigenvalue weighted by atomic mass is 35.5. The second-order valence-corrected chi connectivity index (χ2v) is 5.30. The van der Waals surface area contributed by atoms with Crippen molar-refractivity contribution in [3.63, 3.8) is 0 Å². The van der Waals surface area contributed by atoms with Gasteiger partial charge in [0, 0.05) is 13.0 Å². The van der Waals surface area contributed by atoms with Gasteiger partial charge in [0.15, 0.2) is 0 Å². The largest absolute Gasteiger partial charge is 0.370 e. The van der Waals surface area contributed by atoms with Gasteiger partial charge in [0.25, 0.3) is 0 Å². The van der Waals surface area contributed by atoms with E-state index in [0.29, 0.717) is 5.92 Å². The molecule has 19 heavy (non-hydrogen) atoms. The first-order valence-electron chi connectivity index (χ1n) is 7.06. The van der Waals surface area contributed by atoms with E-state index in [1.165, 1.54) is 19.3 Å². The first-order chi connectivity index (χ1) is 8.92. The third-order valence-corrected chi connectivity index (χ3v) is 3.86. The summed E-state index contributed by atoms with van der Waals surface area (Å²) < 4.78 is 10.9. The molecule has 1 aromatic rings. The first kappa shape index (κ1) is 14.8. The molecule has 0 aromatic carbocycles. The van der Waals surface area contributed by atoms with Crippen LogP contribution < -0.4 is 5.32 Å². The van der Waals surface area contributed by atoms with Gasteiger partial charge in [-0.25, -0.2) is 0 Å². The molecule has 3 rings (SSSR count). The number of nitrogens with one attached hydrogen (secondary N) is 1. The molecule has 1 N–H and O–H groups in total. The van der Waals surface area contributed by atoms with Crippen molar-refractivity contribution in [2.45, 2.75) is 44.6 Å². The lowest BCUT2D eigenvalue weighted by Gasteiger charge is -2.09. The minimum absolute atomic E-state index is 0. The maximum absolute atomic E-state index is 5.57. The van der Waals surface area contributed by atoms with E-state index in [1.807, 2.05) is 0 Å². The van der Waals surface area contributed by atoms with Gasteiger partial charge in [-0.05, 0) is 51.1 Å². The van der Waals surface area contributed by atoms with E-state index in [0.717, 1.165) is 50.7 Å². The Bertz CT molecular complexity index is 372. The molecule has 1 aromatic heterocycles. The van der Waals surface area contributed by atoms with E-state index in [9.17, 15) is 0 Å². The Kier molecular flexibility index (Phi) is 5.60. The molecule has 6 heteroatoms. The summed E-state index contributed by atoms with van der Waals surface area (Å²) in [5.41, 5.74) is 0. The van der Waals surface area contributed by atoms with Gasteiger partial charge in [-0.2, -0.15) is 4.98 Å². The summed E-state index contributed by atoms with van der Waals surface area (Å²) in [5.74, 6) is 2.21. The highest BCUT2D eigenvalue weighted by Gasteiger charge is 2.24. The number of aromatic nitrogens is 2. The minimum atomic E-state index is 0. The number of halogens is 1. The second kappa shape index (κ2) is 7.22. The summed E-state index contributed by atoms with van der Waals surface area (Å²) in [6.45, 7) is 3.07. The Balaban J connectivity index is 0.00000133. The van der Waals surface area contributed by atoms with Crippen LogP contribution >= 0.6 is 12.4 Å². The first-order valence-corrected chi connectivity index (χ1v) is 7.06. The second-order valence-electron chi connectivity index (χ2n) is 5.30. The van der Waals surface area contributed by atoms with E-state index in [2.05, 4.69) is 15.5 Å². The van der Waals surface area contributed by atoms with Crippen molar-refractivity contribution < 1.29 is 9.26 Å². The van der Waals surface area contributed by atoms with Crippen LogP contribution in [0.5, 0.6) is 0 Å². The van der Waals surface area contributed by atoms with E-state index in [1.54, 1.807) is 0 Å². The maximum Gasteiger partial charge on any atom is 0.227 e. The fourth-order valence-electron chi connectivity index (χ4n) is 2.81. The highest BCUT2D eigenvalue weighted by molar-refractivity contribution is 5.85. The third kappa shape index (κ3) is 3.91. The molecule has 2 atom stereocenters. The Hall–Kier alpha value is -0.650. The van der Waals surface area contributed by atoms with Crippen LogP contribution in [0.2, 0.25) is 0 Å². The number of nitrogens with zero attached hydrogens (tertiary/aromatic N) is 2. The number of hydrogen-bond donors (Lipinski definition) is 1. The van der Waals surface area contributed by atoms with Gasteiger partial charge in [0.1, 0.15) is 6.10 Å². The van der Waals surface area contributed by atoms with Crippen molar-refractivity contribution >= 4 is 12.4 Å². The van der Waals surface area contributed by atoms with Crippen LogP contribution in [0.4, 0.5) is 0 Å². The summed E-state index contributed by atoms with van der Waals surface area (Å²) in [6, 6.07) is 0. The van der Waals surface area contributed by atoms with Crippen molar-refractivity contribution in [1.29, 1.82) is 0 Å². The van der Waals surface area contributed by atoms with E-state index < -0.39 is 0 Å². The van der Waals surface area contributed by atoms with Crippen LogP contribution in [-0.4, -0.2) is 29.8 Å². The predicted octanol–water partition coefficient (Wildman–Crippen LogP) is 2.28. The van der Waals surface area contributed by atoms with Gasteiger partial charge in [0.2, 0.25) is 11.7 Å². The van der Waals surface area contributed by atoms with Crippen LogP contribution in [0.15, 0.2) is 4.52 Å². The average molecular weight is 288 g/mol. The predicted molar refractivity (Wildman–Crippen MR) is 73.4 cm³/mol. The van der Waals surface area contributed by atoms with Crippen molar-refractivity contribution in [2.24, 2.45) is 5.92 Å². The molecular formula is C13H22ClN3O2. The molecule has 2 saturated heterocycles. The van der Waals surface area contributed by atoms with Crippen LogP contribution in [-0.2, 0) is 11.2 Å². The fourth-order valence-corrected chi connectivity index (χ4v) is 2.81. The van der Waals surface area contributed by atoms with Crippen LogP contribution in [0, 0.1) is 5.92 Å². The molecule has 5 nitrogen and oxygen atoms in total. The molecule has 0 saturated carbocycles. The zero-order valence-corrected chi connectivity index (χ0v) is 12.0. The summed E-state index contributed by atoms with van der Waals surface area (Å²) in [4.78, 5) is 4.49. The lowest BCUT2D eigenvalue weighted by atomic mass is 9.97. The van der Waals surface area contributed by atoms with Gasteiger partial charge < -0.3 is 14.6 Å². The lowest BCUT2D eigenvalue weighted by molar-refractivity contribution is 0.103. The summed E-state index contributed by atoms with van der Waals surface area (Å²) in [7, 11) is 0. The zero-order chi connectivity index (χ0) is 12.2. The SMILES string of the molecule is C1CNCCC(Cc2nc(C3CCCO3)no2)C1.Cl. The molecule has 0 bridgehead atoms. The van der Waals surface area contributed by atoms with Gasteiger partial charge in [-0.15, -0.1) is 12.4 Å². The summed E-state index contributed by atoms with van der Waals surface area (Å²) in [6.07, 6.45) is 6.81. The third-order valence-electron chi connectivity index (χ3n) is 3.86. The van der Waals surface area contributed by atoms with Crippen LogP contribution in [0.3, 0.4) is 0 Å². The van der Waals surface area contributed by atoms with Crippen molar-refractivity contribution in [3.8, 4) is 0 Å². The van der Waals surface area contributed by atoms with Gasteiger partial charge >= 0.3 is 0 Å². The Morgan fingerprint density at radius 1 is 1.16 bits per heavy atom. The van der Waals surface area contributed by atoms with E-state index in [4.69, 9.17) is 9.26 Å². The van der Waals surface area contributed by atoms with E-state index in [-0.39, 0.29) is 18.5 Å². The van der Waals surface area contributed by atoms with E-state index >= 15 is 0 Å². The summed E-state index contributed by atoms with van der Waals surface area (Å²) in [5, 5.41) is 7.49. The molecule has 3 heterocycles. The van der Waals surface area contributed by atoms with Crippen LogP contribution in [0.25, 0.3) is 0 Å². The zero-order valence-electron chi connectivity index (χ0n) is 11.1. The number of hydrogen-bond acceptors (Lipinski definition) is 5. The maximum atomic E-state index is 5.57. The summed E-state index contributed by atoms with van der Waals surface area (Å²) >= 11 is 0. The number of rotatable bonds is 3. The molecule has 2 aliphatic heterocycles. The molecular weight excluding hydrogens is 266 g/mol. The molecule has 0 aliphatic carbocycles. The highest BCUT2D eigenvalue weighted by Crippen LogP contribution is 2.27. The smallest absolute Gasteiger partial charge is 0.227 e. The monoisotopic (exact) mass is 287 g/mol. The molecule has 0 radical (unpaired) electrons.